The number of hydrogen-bond acceptors (Lipinski definition) is 5. The second-order valence-electron chi connectivity index (χ2n) is 8.42. The van der Waals surface area contributed by atoms with Crippen molar-refractivity contribution in [3.63, 3.8) is 0 Å². The molecule has 0 fully saturated rings. The van der Waals surface area contributed by atoms with Crippen molar-refractivity contribution in [1.29, 1.82) is 0 Å². The zero-order chi connectivity index (χ0) is 23.3. The minimum Gasteiger partial charge on any atom is -0.444 e. The maximum atomic E-state index is 14.9. The van der Waals surface area contributed by atoms with Crippen LogP contribution >= 0.6 is 0 Å². The molecule has 8 heteroatoms. The maximum Gasteiger partial charge on any atom is 0.407 e. The number of aliphatic hydroxyl groups is 1. The summed E-state index contributed by atoms with van der Waals surface area (Å²) in [5, 5.41) is 12.6. The molecule has 0 aliphatic rings. The minimum absolute atomic E-state index is 0.0934. The molecular weight excluding hydrogens is 406 g/mol. The van der Waals surface area contributed by atoms with E-state index in [0.717, 1.165) is 0 Å². The first kappa shape index (κ1) is 24.4. The van der Waals surface area contributed by atoms with Gasteiger partial charge in [-0.2, -0.15) is 0 Å². The summed E-state index contributed by atoms with van der Waals surface area (Å²) in [4.78, 5) is 24.9. The van der Waals surface area contributed by atoms with E-state index in [0.29, 0.717) is 5.56 Å². The lowest BCUT2D eigenvalue weighted by Gasteiger charge is -2.37. The summed E-state index contributed by atoms with van der Waals surface area (Å²) in [6.45, 7) is 3.51. The largest absolute Gasteiger partial charge is 0.444 e. The fourth-order valence-corrected chi connectivity index (χ4v) is 3.07. The first-order valence-electron chi connectivity index (χ1n) is 9.80. The van der Waals surface area contributed by atoms with E-state index in [1.807, 2.05) is 5.32 Å². The molecule has 6 nitrogen and oxygen atoms in total. The Bertz CT molecular complexity index is 885. The number of amides is 1. The third-order valence-corrected chi connectivity index (χ3v) is 4.55. The van der Waals surface area contributed by atoms with Crippen molar-refractivity contribution in [2.24, 2.45) is 5.73 Å². The van der Waals surface area contributed by atoms with Gasteiger partial charge in [-0.3, -0.25) is 4.79 Å². The van der Waals surface area contributed by atoms with Gasteiger partial charge in [0.05, 0.1) is 6.54 Å². The van der Waals surface area contributed by atoms with Gasteiger partial charge in [0, 0.05) is 12.0 Å². The summed E-state index contributed by atoms with van der Waals surface area (Å²) in [5.74, 6) is -4.74. The van der Waals surface area contributed by atoms with Gasteiger partial charge in [0.25, 0.3) is 5.92 Å². The Kier molecular flexibility index (Phi) is 7.51. The molecule has 0 aromatic heterocycles. The Hall–Kier alpha value is -2.84. The predicted molar refractivity (Wildman–Crippen MR) is 113 cm³/mol. The molecule has 1 amide bonds. The molecule has 2 aromatic rings. The lowest BCUT2D eigenvalue weighted by atomic mass is 9.77. The molecule has 31 heavy (non-hydrogen) atoms. The molecule has 0 saturated heterocycles. The Morgan fingerprint density at radius 1 is 1.03 bits per heavy atom. The number of carbonyl (C=O) groups is 2. The molecule has 2 aromatic carbocycles. The van der Waals surface area contributed by atoms with Crippen LogP contribution in [-0.2, 0) is 11.2 Å². The van der Waals surface area contributed by atoms with Gasteiger partial charge >= 0.3 is 6.09 Å². The van der Waals surface area contributed by atoms with E-state index >= 15 is 0 Å². The molecule has 0 radical (unpaired) electrons. The fourth-order valence-electron chi connectivity index (χ4n) is 3.07. The van der Waals surface area contributed by atoms with Crippen LogP contribution < -0.4 is 11.1 Å². The summed E-state index contributed by atoms with van der Waals surface area (Å²) >= 11 is 0. The number of aliphatic hydroxyl groups excluding tert-OH is 1. The first-order valence-corrected chi connectivity index (χ1v) is 9.80. The number of alkyl halides is 2. The van der Waals surface area contributed by atoms with Gasteiger partial charge in [-0.1, -0.05) is 60.7 Å². The maximum absolute atomic E-state index is 14.9. The van der Waals surface area contributed by atoms with Crippen LogP contribution in [0, 0.1) is 0 Å². The third kappa shape index (κ3) is 6.57. The lowest BCUT2D eigenvalue weighted by molar-refractivity contribution is -0.127. The number of benzene rings is 2. The van der Waals surface area contributed by atoms with Crippen LogP contribution in [-0.4, -0.2) is 46.7 Å². The highest BCUT2D eigenvalue weighted by atomic mass is 19.3. The summed E-state index contributed by atoms with van der Waals surface area (Å²) in [5.41, 5.74) is 3.59. The van der Waals surface area contributed by atoms with Crippen molar-refractivity contribution in [2.45, 2.75) is 50.4 Å². The average molecular weight is 434 g/mol. The number of hydrogen-bond donors (Lipinski definition) is 3. The van der Waals surface area contributed by atoms with Gasteiger partial charge in [0.15, 0.2) is 5.78 Å². The fraction of sp³-hybridized carbons (Fsp3) is 0.391. The van der Waals surface area contributed by atoms with E-state index < -0.39 is 41.6 Å². The highest BCUT2D eigenvalue weighted by Crippen LogP contribution is 2.31. The Morgan fingerprint density at radius 2 is 1.55 bits per heavy atom. The summed E-state index contributed by atoms with van der Waals surface area (Å²) in [7, 11) is 0. The summed E-state index contributed by atoms with van der Waals surface area (Å²) < 4.78 is 34.8. The lowest BCUT2D eigenvalue weighted by Crippen LogP contribution is -2.66. The minimum atomic E-state index is -3.91. The second-order valence-corrected chi connectivity index (χ2v) is 8.42. The highest BCUT2D eigenvalue weighted by Gasteiger charge is 2.54. The van der Waals surface area contributed by atoms with Crippen LogP contribution in [0.2, 0.25) is 0 Å². The summed E-state index contributed by atoms with van der Waals surface area (Å²) in [6.07, 6.45) is -3.98. The third-order valence-electron chi connectivity index (χ3n) is 4.55. The van der Waals surface area contributed by atoms with E-state index in [9.17, 15) is 23.5 Å². The van der Waals surface area contributed by atoms with Crippen molar-refractivity contribution < 1.29 is 28.2 Å². The van der Waals surface area contributed by atoms with Gasteiger partial charge in [0.2, 0.25) is 0 Å². The molecule has 0 heterocycles. The SMILES string of the molecule is CC(C)(C)OC(=O)NCC(F)(F)C(O)C(N)(Cc1ccccc1)C(=O)c1ccccc1. The van der Waals surface area contributed by atoms with Crippen LogP contribution in [0.15, 0.2) is 60.7 Å². The molecule has 2 atom stereocenters. The number of ketones is 1. The molecule has 0 bridgehead atoms. The van der Waals surface area contributed by atoms with Crippen LogP contribution in [0.5, 0.6) is 0 Å². The summed E-state index contributed by atoms with van der Waals surface area (Å²) in [6, 6.07) is 16.0. The molecule has 2 unspecified atom stereocenters. The van der Waals surface area contributed by atoms with Crippen molar-refractivity contribution in [2.75, 3.05) is 6.54 Å². The predicted octanol–water partition coefficient (Wildman–Crippen LogP) is 3.33. The van der Waals surface area contributed by atoms with Gasteiger partial charge in [-0.05, 0) is 26.3 Å². The number of nitrogens with one attached hydrogen (secondary N) is 1. The quantitative estimate of drug-likeness (QED) is 0.553. The monoisotopic (exact) mass is 434 g/mol. The molecule has 0 spiro atoms. The molecule has 0 saturated carbocycles. The van der Waals surface area contributed by atoms with E-state index in [2.05, 4.69) is 0 Å². The number of halogens is 2. The number of ether oxygens (including phenoxy) is 1. The van der Waals surface area contributed by atoms with Crippen molar-refractivity contribution in [3.8, 4) is 0 Å². The van der Waals surface area contributed by atoms with Crippen molar-refractivity contribution in [1.82, 2.24) is 5.32 Å². The Labute approximate surface area is 180 Å². The van der Waals surface area contributed by atoms with Gasteiger partial charge in [-0.25, -0.2) is 13.6 Å². The van der Waals surface area contributed by atoms with E-state index in [1.54, 1.807) is 69.3 Å². The van der Waals surface area contributed by atoms with Crippen LogP contribution in [0.25, 0.3) is 0 Å². The molecule has 168 valence electrons. The smallest absolute Gasteiger partial charge is 0.407 e. The zero-order valence-electron chi connectivity index (χ0n) is 17.8. The van der Waals surface area contributed by atoms with E-state index in [-0.39, 0.29) is 12.0 Å². The van der Waals surface area contributed by atoms with Crippen LogP contribution in [0.1, 0.15) is 36.7 Å². The second kappa shape index (κ2) is 9.53. The average Bonchev–Trinajstić information content (AvgIpc) is 2.71. The van der Waals surface area contributed by atoms with Crippen LogP contribution in [0.4, 0.5) is 13.6 Å². The van der Waals surface area contributed by atoms with Crippen molar-refractivity contribution in [3.05, 3.63) is 71.8 Å². The van der Waals surface area contributed by atoms with E-state index in [1.165, 1.54) is 12.1 Å². The highest BCUT2D eigenvalue weighted by molar-refractivity contribution is 6.04. The molecule has 4 N–H and O–H groups in total. The van der Waals surface area contributed by atoms with Crippen molar-refractivity contribution >= 4 is 11.9 Å². The number of alkyl carbamates (subject to hydrolysis) is 1. The normalized spacial score (nSPS) is 14.9. The van der Waals surface area contributed by atoms with Crippen LogP contribution in [0.3, 0.4) is 0 Å². The number of Topliss-reactive ketones (excluding diaryl/α,β-unsaturated/α-hetero) is 1. The zero-order valence-corrected chi connectivity index (χ0v) is 17.8. The molecule has 0 aliphatic heterocycles. The molecule has 0 aliphatic carbocycles. The number of rotatable bonds is 8. The molecule has 2 rings (SSSR count). The molecular formula is C23H28F2N2O4. The topological polar surface area (TPSA) is 102 Å². The van der Waals surface area contributed by atoms with E-state index in [4.69, 9.17) is 10.5 Å². The Morgan fingerprint density at radius 3 is 2.06 bits per heavy atom. The number of carbonyl (C=O) groups excluding carboxylic acids is 2. The number of nitrogens with two attached hydrogens (primary N) is 1. The van der Waals surface area contributed by atoms with Gasteiger partial charge < -0.3 is 20.9 Å². The van der Waals surface area contributed by atoms with Gasteiger partial charge in [0.1, 0.15) is 17.2 Å². The van der Waals surface area contributed by atoms with Gasteiger partial charge in [-0.15, -0.1) is 0 Å². The first-order chi connectivity index (χ1) is 14.3. The standard InChI is InChI=1S/C23H28F2N2O4/c1-21(2,3)31-20(30)27-15-23(24,25)19(29)22(26,14-16-10-6-4-7-11-16)18(28)17-12-8-5-9-13-17/h4-13,19,29H,14-15,26H2,1-3H3,(H,27,30). The Balaban J connectivity index is 2.31.